The van der Waals surface area contributed by atoms with Crippen LogP contribution in [0.2, 0.25) is 0 Å². The van der Waals surface area contributed by atoms with Gasteiger partial charge in [-0.05, 0) is 26.7 Å². The van der Waals surface area contributed by atoms with Crippen LogP contribution < -0.4 is 0 Å². The van der Waals surface area contributed by atoms with E-state index in [2.05, 4.69) is 0 Å². The summed E-state index contributed by atoms with van der Waals surface area (Å²) < 4.78 is 9.64. The number of carbonyl (C=O) groups is 2. The van der Waals surface area contributed by atoms with E-state index in [-0.39, 0.29) is 13.2 Å². The van der Waals surface area contributed by atoms with Crippen LogP contribution in [-0.4, -0.2) is 35.9 Å². The third kappa shape index (κ3) is 7.77. The zero-order valence-corrected chi connectivity index (χ0v) is 10.9. The Morgan fingerprint density at radius 2 is 1.25 bits per heavy atom. The number of rotatable bonds is 7. The molecule has 0 radical (unpaired) electrons. The monoisotopic (exact) mass is 270 g/mol. The Kier molecular flexibility index (Phi) is 8.39. The smallest absolute Gasteiger partial charge is 0.323 e. The predicted octanol–water partition coefficient (Wildman–Crippen LogP) is 2.11. The summed E-state index contributed by atoms with van der Waals surface area (Å²) in [5, 5.41) is -1.26. The molecule has 0 N–H and O–H groups in total. The average molecular weight is 271 g/mol. The van der Waals surface area contributed by atoms with E-state index in [1.54, 1.807) is 13.8 Å². The lowest BCUT2D eigenvalue weighted by Crippen LogP contribution is -2.17. The molecule has 94 valence electrons. The number of alkyl halides is 2. The van der Waals surface area contributed by atoms with Gasteiger partial charge in [0.15, 0.2) is 0 Å². The minimum atomic E-state index is -0.630. The summed E-state index contributed by atoms with van der Waals surface area (Å²) in [6, 6.07) is 0. The highest BCUT2D eigenvalue weighted by Gasteiger charge is 2.11. The van der Waals surface area contributed by atoms with E-state index in [0.29, 0.717) is 12.8 Å². The molecule has 0 bridgehead atoms. The van der Waals surface area contributed by atoms with Gasteiger partial charge in [-0.1, -0.05) is 0 Å². The van der Waals surface area contributed by atoms with E-state index in [9.17, 15) is 9.59 Å². The van der Waals surface area contributed by atoms with Crippen molar-refractivity contribution in [3.8, 4) is 0 Å². The summed E-state index contributed by atoms with van der Waals surface area (Å²) in [4.78, 5) is 21.8. The van der Waals surface area contributed by atoms with E-state index in [0.717, 1.165) is 0 Å². The number of carbonyl (C=O) groups excluding carboxylic acids is 2. The molecule has 0 saturated carbocycles. The standard InChI is InChI=1S/C10H16Cl2O4/c1-7(11)9(13)15-5-3-4-6-16-10(14)8(2)12/h7-8H,3-6H2,1-2H3. The van der Waals surface area contributed by atoms with Gasteiger partial charge in [0.05, 0.1) is 13.2 Å². The normalized spacial score (nSPS) is 14.0. The molecule has 16 heavy (non-hydrogen) atoms. The van der Waals surface area contributed by atoms with Crippen LogP contribution in [0.25, 0.3) is 0 Å². The zero-order valence-electron chi connectivity index (χ0n) is 9.37. The van der Waals surface area contributed by atoms with Crippen LogP contribution in [0, 0.1) is 0 Å². The van der Waals surface area contributed by atoms with Gasteiger partial charge in [0.25, 0.3) is 0 Å². The Bertz CT molecular complexity index is 205. The molecule has 0 aromatic heterocycles. The molecular weight excluding hydrogens is 255 g/mol. The molecule has 0 aliphatic rings. The van der Waals surface area contributed by atoms with Gasteiger partial charge in [0.1, 0.15) is 10.8 Å². The number of halogens is 2. The highest BCUT2D eigenvalue weighted by atomic mass is 35.5. The van der Waals surface area contributed by atoms with Gasteiger partial charge in [-0.15, -0.1) is 23.2 Å². The summed E-state index contributed by atoms with van der Waals surface area (Å²) in [7, 11) is 0. The van der Waals surface area contributed by atoms with Crippen LogP contribution in [-0.2, 0) is 19.1 Å². The van der Waals surface area contributed by atoms with Crippen LogP contribution in [0.5, 0.6) is 0 Å². The Morgan fingerprint density at radius 1 is 0.938 bits per heavy atom. The Hall–Kier alpha value is -0.480. The number of unbranched alkanes of at least 4 members (excludes halogenated alkanes) is 1. The molecule has 0 aromatic carbocycles. The molecule has 2 unspecified atom stereocenters. The van der Waals surface area contributed by atoms with Crippen molar-refractivity contribution in [1.29, 1.82) is 0 Å². The fourth-order valence-electron chi connectivity index (χ4n) is 0.779. The van der Waals surface area contributed by atoms with Crippen molar-refractivity contribution in [2.24, 2.45) is 0 Å². The molecule has 0 aliphatic heterocycles. The molecular formula is C10H16Cl2O4. The predicted molar refractivity (Wildman–Crippen MR) is 61.8 cm³/mol. The van der Waals surface area contributed by atoms with Gasteiger partial charge >= 0.3 is 11.9 Å². The van der Waals surface area contributed by atoms with Crippen LogP contribution in [0.3, 0.4) is 0 Å². The maximum absolute atomic E-state index is 10.9. The van der Waals surface area contributed by atoms with Crippen LogP contribution in [0.1, 0.15) is 26.7 Å². The van der Waals surface area contributed by atoms with Crippen molar-refractivity contribution >= 4 is 35.1 Å². The van der Waals surface area contributed by atoms with Crippen LogP contribution >= 0.6 is 23.2 Å². The fraction of sp³-hybridized carbons (Fsp3) is 0.800. The third-order valence-electron chi connectivity index (χ3n) is 1.68. The van der Waals surface area contributed by atoms with Gasteiger partial charge in [-0.2, -0.15) is 0 Å². The van der Waals surface area contributed by atoms with Crippen LogP contribution in [0.4, 0.5) is 0 Å². The minimum absolute atomic E-state index is 0.282. The average Bonchev–Trinajstić information content (AvgIpc) is 2.21. The summed E-state index contributed by atoms with van der Waals surface area (Å²) in [6.45, 7) is 3.66. The zero-order chi connectivity index (χ0) is 12.6. The van der Waals surface area contributed by atoms with E-state index < -0.39 is 22.7 Å². The maximum Gasteiger partial charge on any atom is 0.323 e. The molecule has 2 atom stereocenters. The highest BCUT2D eigenvalue weighted by Crippen LogP contribution is 2.01. The van der Waals surface area contributed by atoms with E-state index in [1.165, 1.54) is 0 Å². The first kappa shape index (κ1) is 15.5. The molecule has 0 saturated heterocycles. The van der Waals surface area contributed by atoms with Crippen molar-refractivity contribution in [2.45, 2.75) is 37.4 Å². The molecule has 0 aromatic rings. The Labute approximate surface area is 105 Å². The number of ether oxygens (including phenoxy) is 2. The first-order valence-corrected chi connectivity index (χ1v) is 5.94. The first-order valence-electron chi connectivity index (χ1n) is 5.06. The number of esters is 2. The first-order chi connectivity index (χ1) is 7.45. The minimum Gasteiger partial charge on any atom is -0.465 e. The number of hydrogen-bond acceptors (Lipinski definition) is 4. The fourth-order valence-corrected chi connectivity index (χ4v) is 0.905. The van der Waals surface area contributed by atoms with Gasteiger partial charge in [-0.3, -0.25) is 9.59 Å². The lowest BCUT2D eigenvalue weighted by molar-refractivity contribution is -0.145. The summed E-state index contributed by atoms with van der Waals surface area (Å²) >= 11 is 11.0. The van der Waals surface area contributed by atoms with E-state index >= 15 is 0 Å². The molecule has 4 nitrogen and oxygen atoms in total. The maximum atomic E-state index is 10.9. The second-order valence-electron chi connectivity index (χ2n) is 3.27. The van der Waals surface area contributed by atoms with Crippen molar-refractivity contribution < 1.29 is 19.1 Å². The van der Waals surface area contributed by atoms with E-state index in [1.807, 2.05) is 0 Å². The van der Waals surface area contributed by atoms with Gasteiger partial charge in [0, 0.05) is 0 Å². The van der Waals surface area contributed by atoms with Crippen molar-refractivity contribution in [2.75, 3.05) is 13.2 Å². The van der Waals surface area contributed by atoms with Crippen molar-refractivity contribution in [3.63, 3.8) is 0 Å². The lowest BCUT2D eigenvalue weighted by Gasteiger charge is -2.07. The Morgan fingerprint density at radius 3 is 1.50 bits per heavy atom. The molecule has 0 rings (SSSR count). The Balaban J connectivity index is 3.35. The molecule has 0 heterocycles. The third-order valence-corrected chi connectivity index (χ3v) is 2.03. The highest BCUT2D eigenvalue weighted by molar-refractivity contribution is 6.29. The van der Waals surface area contributed by atoms with Crippen molar-refractivity contribution in [3.05, 3.63) is 0 Å². The molecule has 0 fully saturated rings. The number of hydrogen-bond donors (Lipinski definition) is 0. The quantitative estimate of drug-likeness (QED) is 0.404. The van der Waals surface area contributed by atoms with Gasteiger partial charge in [0.2, 0.25) is 0 Å². The molecule has 6 heteroatoms. The van der Waals surface area contributed by atoms with Gasteiger partial charge in [-0.25, -0.2) is 0 Å². The second-order valence-corrected chi connectivity index (χ2v) is 4.58. The lowest BCUT2D eigenvalue weighted by atomic mass is 10.3. The van der Waals surface area contributed by atoms with Crippen molar-refractivity contribution in [1.82, 2.24) is 0 Å². The topological polar surface area (TPSA) is 52.6 Å². The molecule has 0 spiro atoms. The summed E-state index contributed by atoms with van der Waals surface area (Å²) in [6.07, 6.45) is 1.25. The molecule has 0 amide bonds. The van der Waals surface area contributed by atoms with Gasteiger partial charge < -0.3 is 9.47 Å². The SMILES string of the molecule is CC(Cl)C(=O)OCCCCOC(=O)C(C)Cl. The van der Waals surface area contributed by atoms with E-state index in [4.69, 9.17) is 32.7 Å². The summed E-state index contributed by atoms with van der Waals surface area (Å²) in [5.74, 6) is -0.874. The summed E-state index contributed by atoms with van der Waals surface area (Å²) in [5.41, 5.74) is 0. The largest absolute Gasteiger partial charge is 0.465 e. The molecule has 0 aliphatic carbocycles. The van der Waals surface area contributed by atoms with Crippen LogP contribution in [0.15, 0.2) is 0 Å². The second kappa shape index (κ2) is 8.65.